The third kappa shape index (κ3) is 2.46. The summed E-state index contributed by atoms with van der Waals surface area (Å²) < 4.78 is 5.75. The van der Waals surface area contributed by atoms with Crippen LogP contribution < -0.4 is 0 Å². The van der Waals surface area contributed by atoms with E-state index in [-0.39, 0.29) is 12.3 Å². The van der Waals surface area contributed by atoms with Crippen molar-refractivity contribution in [3.63, 3.8) is 0 Å². The number of rotatable bonds is 3. The van der Waals surface area contributed by atoms with Crippen molar-refractivity contribution >= 4 is 33.3 Å². The van der Waals surface area contributed by atoms with Crippen LogP contribution in [0.15, 0.2) is 34.6 Å². The van der Waals surface area contributed by atoms with E-state index in [1.54, 1.807) is 35.9 Å². The summed E-state index contributed by atoms with van der Waals surface area (Å²) >= 11 is 1.16. The fraction of sp³-hybridized carbons (Fsp3) is 0.154. The summed E-state index contributed by atoms with van der Waals surface area (Å²) in [6.45, 7) is 1.96. The van der Waals surface area contributed by atoms with E-state index >= 15 is 0 Å². The Hall–Kier alpha value is -2.79. The van der Waals surface area contributed by atoms with Crippen LogP contribution in [0.5, 0.6) is 5.75 Å². The lowest BCUT2D eigenvalue weighted by Crippen LogP contribution is -1.92. The van der Waals surface area contributed by atoms with E-state index in [1.807, 2.05) is 0 Å². The molecule has 21 heavy (non-hydrogen) atoms. The Bertz CT molecular complexity index is 873. The summed E-state index contributed by atoms with van der Waals surface area (Å²) in [6, 6.07) is 7.03. The first-order valence-corrected chi connectivity index (χ1v) is 6.86. The Morgan fingerprint density at radius 1 is 1.38 bits per heavy atom. The fourth-order valence-electron chi connectivity index (χ4n) is 2.00. The second kappa shape index (κ2) is 5.30. The second-order valence-electron chi connectivity index (χ2n) is 4.29. The number of azo groups is 1. The normalized spacial score (nSPS) is 11.2. The molecule has 1 aromatic carbocycles. The number of hydrogen-bond acceptors (Lipinski definition) is 7. The maximum Gasteiger partial charge on any atom is 0.249 e. The molecule has 0 unspecified atom stereocenters. The predicted molar refractivity (Wildman–Crippen MR) is 78.0 cm³/mol. The van der Waals surface area contributed by atoms with Gasteiger partial charge < -0.3 is 9.67 Å². The van der Waals surface area contributed by atoms with E-state index in [4.69, 9.17) is 5.26 Å². The maximum absolute atomic E-state index is 9.88. The van der Waals surface area contributed by atoms with Crippen molar-refractivity contribution in [3.8, 4) is 11.8 Å². The van der Waals surface area contributed by atoms with E-state index in [1.165, 1.54) is 0 Å². The van der Waals surface area contributed by atoms with Crippen molar-refractivity contribution in [2.24, 2.45) is 10.2 Å². The number of phenols is 1. The van der Waals surface area contributed by atoms with Crippen molar-refractivity contribution in [3.05, 3.63) is 30.2 Å². The Morgan fingerprint density at radius 2 is 2.24 bits per heavy atom. The molecule has 3 rings (SSSR count). The number of phenolic OH excluding ortho intramolecular Hbond substituents is 1. The van der Waals surface area contributed by atoms with E-state index in [0.29, 0.717) is 27.5 Å². The van der Waals surface area contributed by atoms with Crippen molar-refractivity contribution in [2.75, 3.05) is 0 Å². The molecule has 0 bridgehead atoms. The number of fused-ring (bicyclic) bond motifs is 1. The molecule has 104 valence electrons. The zero-order valence-corrected chi connectivity index (χ0v) is 11.9. The van der Waals surface area contributed by atoms with Crippen LogP contribution in [0.1, 0.15) is 5.82 Å². The number of nitrogens with zero attached hydrogens (tertiary/aromatic N) is 6. The van der Waals surface area contributed by atoms with Gasteiger partial charge in [0.05, 0.1) is 11.6 Å². The van der Waals surface area contributed by atoms with E-state index in [2.05, 4.69) is 25.7 Å². The average Bonchev–Trinajstić information content (AvgIpc) is 3.07. The largest absolute Gasteiger partial charge is 0.507 e. The smallest absolute Gasteiger partial charge is 0.249 e. The number of aryl methyl sites for hydroxylation is 1. The number of aromatic hydroxyl groups is 1. The van der Waals surface area contributed by atoms with Gasteiger partial charge in [0.15, 0.2) is 0 Å². The van der Waals surface area contributed by atoms with E-state index in [0.717, 1.165) is 11.5 Å². The van der Waals surface area contributed by atoms with Gasteiger partial charge in [-0.2, -0.15) is 9.64 Å². The minimum atomic E-state index is 0.146. The molecule has 3 aromatic rings. The lowest BCUT2D eigenvalue weighted by atomic mass is 10.2. The summed E-state index contributed by atoms with van der Waals surface area (Å²) in [7, 11) is 0. The zero-order chi connectivity index (χ0) is 14.8. The third-order valence-electron chi connectivity index (χ3n) is 2.88. The van der Waals surface area contributed by atoms with Gasteiger partial charge >= 0.3 is 0 Å². The molecule has 8 heteroatoms. The van der Waals surface area contributed by atoms with Gasteiger partial charge in [-0.05, 0) is 25.1 Å². The third-order valence-corrected chi connectivity index (χ3v) is 3.57. The second-order valence-corrected chi connectivity index (χ2v) is 5.02. The molecule has 0 aliphatic carbocycles. The Balaban J connectivity index is 2.09. The molecule has 0 spiro atoms. The lowest BCUT2D eigenvalue weighted by Gasteiger charge is -2.03. The van der Waals surface area contributed by atoms with Crippen LogP contribution in [0.3, 0.4) is 0 Å². The van der Waals surface area contributed by atoms with Gasteiger partial charge in [-0.15, -0.1) is 10.2 Å². The van der Waals surface area contributed by atoms with Crippen LogP contribution in [0, 0.1) is 18.3 Å². The van der Waals surface area contributed by atoms with Crippen LogP contribution >= 0.6 is 11.5 Å². The average molecular weight is 298 g/mol. The highest BCUT2D eigenvalue weighted by Gasteiger charge is 2.10. The maximum atomic E-state index is 9.88. The number of nitriles is 1. The highest BCUT2D eigenvalue weighted by molar-refractivity contribution is 7.09. The molecule has 0 saturated carbocycles. The molecule has 2 heterocycles. The van der Waals surface area contributed by atoms with Gasteiger partial charge in [0.1, 0.15) is 23.8 Å². The molecule has 7 nitrogen and oxygen atoms in total. The molecule has 0 saturated heterocycles. The van der Waals surface area contributed by atoms with E-state index in [9.17, 15) is 5.11 Å². The first kappa shape index (κ1) is 13.2. The molecular formula is C13H10N6OS. The molecule has 0 atom stereocenters. The van der Waals surface area contributed by atoms with Gasteiger partial charge in [-0.1, -0.05) is 0 Å². The topological polar surface area (TPSA) is 99.5 Å². The first-order chi connectivity index (χ1) is 10.2. The van der Waals surface area contributed by atoms with Gasteiger partial charge in [0.25, 0.3) is 0 Å². The summed E-state index contributed by atoms with van der Waals surface area (Å²) in [5.41, 5.74) is 1.23. The number of hydrogen-bond donors (Lipinski definition) is 1. The molecule has 2 aromatic heterocycles. The molecule has 0 aliphatic heterocycles. The van der Waals surface area contributed by atoms with Crippen molar-refractivity contribution < 1.29 is 5.11 Å². The monoisotopic (exact) mass is 298 g/mol. The lowest BCUT2D eigenvalue weighted by molar-refractivity contribution is 0.481. The number of aromatic nitrogens is 3. The minimum absolute atomic E-state index is 0.146. The molecule has 0 amide bonds. The SMILES string of the molecule is Cc1nsc(/N=N/c2ccc(O)c3ccn(CC#N)c23)n1. The van der Waals surface area contributed by atoms with Gasteiger partial charge in [0, 0.05) is 23.1 Å². The van der Waals surface area contributed by atoms with Gasteiger partial charge in [0.2, 0.25) is 5.13 Å². The highest BCUT2D eigenvalue weighted by atomic mass is 32.1. The predicted octanol–water partition coefficient (Wildman–Crippen LogP) is 3.45. The van der Waals surface area contributed by atoms with Crippen LogP contribution in [-0.4, -0.2) is 19.0 Å². The summed E-state index contributed by atoms with van der Waals surface area (Å²) in [6.07, 6.45) is 1.74. The van der Waals surface area contributed by atoms with Gasteiger partial charge in [-0.3, -0.25) is 0 Å². The summed E-state index contributed by atoms with van der Waals surface area (Å²) in [5, 5.41) is 28.1. The van der Waals surface area contributed by atoms with Crippen molar-refractivity contribution in [1.82, 2.24) is 13.9 Å². The quantitative estimate of drug-likeness (QED) is 0.748. The summed E-state index contributed by atoms with van der Waals surface area (Å²) in [4.78, 5) is 4.11. The molecular weight excluding hydrogens is 288 g/mol. The standard InChI is InChI=1S/C13H10N6OS/c1-8-15-13(21-18-8)17-16-10-2-3-11(20)9-4-6-19(7-5-14)12(9)10/h2-4,6,20H,7H2,1H3/b17-16+. The Labute approximate surface area is 124 Å². The number of benzene rings is 1. The molecule has 0 fully saturated rings. The van der Waals surface area contributed by atoms with E-state index < -0.39 is 0 Å². The minimum Gasteiger partial charge on any atom is -0.507 e. The van der Waals surface area contributed by atoms with Crippen LogP contribution in [0.2, 0.25) is 0 Å². The molecule has 1 N–H and O–H groups in total. The van der Waals surface area contributed by atoms with Crippen LogP contribution in [0.25, 0.3) is 10.9 Å². The zero-order valence-electron chi connectivity index (χ0n) is 11.1. The van der Waals surface area contributed by atoms with Gasteiger partial charge in [-0.25, -0.2) is 4.98 Å². The van der Waals surface area contributed by atoms with Crippen molar-refractivity contribution in [1.29, 1.82) is 5.26 Å². The van der Waals surface area contributed by atoms with Crippen molar-refractivity contribution in [2.45, 2.75) is 13.5 Å². The Kier molecular flexibility index (Phi) is 3.33. The Morgan fingerprint density at radius 3 is 2.95 bits per heavy atom. The highest BCUT2D eigenvalue weighted by Crippen LogP contribution is 2.34. The van der Waals surface area contributed by atoms with Crippen LogP contribution in [-0.2, 0) is 6.54 Å². The molecule has 0 aliphatic rings. The summed E-state index contributed by atoms with van der Waals surface area (Å²) in [5.74, 6) is 0.796. The fourth-order valence-corrected chi connectivity index (χ4v) is 2.51. The first-order valence-electron chi connectivity index (χ1n) is 6.09. The van der Waals surface area contributed by atoms with Crippen LogP contribution in [0.4, 0.5) is 10.8 Å². The molecule has 0 radical (unpaired) electrons.